The van der Waals surface area contributed by atoms with Crippen LogP contribution in [-0.4, -0.2) is 70.0 Å². The smallest absolute Gasteiger partial charge is 0.309 e. The van der Waals surface area contributed by atoms with Gasteiger partial charge in [0.1, 0.15) is 25.6 Å². The van der Waals surface area contributed by atoms with Gasteiger partial charge in [-0.3, -0.25) is 19.2 Å². The minimum absolute atomic E-state index is 0.00563. The minimum Gasteiger partial charge on any atom is -0.493 e. The van der Waals surface area contributed by atoms with Crippen LogP contribution < -0.4 is 14.9 Å². The van der Waals surface area contributed by atoms with Gasteiger partial charge in [0.05, 0.1) is 36.5 Å². The number of ketones is 1. The summed E-state index contributed by atoms with van der Waals surface area (Å²) in [6.07, 6.45) is 0.0594. The Bertz CT molecular complexity index is 2290. The second-order valence-electron chi connectivity index (χ2n) is 14.4. The highest BCUT2D eigenvalue weighted by molar-refractivity contribution is 7.17. The van der Waals surface area contributed by atoms with E-state index in [0.29, 0.717) is 45.7 Å². The predicted molar refractivity (Wildman–Crippen MR) is 224 cm³/mol. The van der Waals surface area contributed by atoms with Crippen molar-refractivity contribution in [1.29, 1.82) is 0 Å². The Labute approximate surface area is 346 Å². The van der Waals surface area contributed by atoms with Crippen molar-refractivity contribution in [2.24, 2.45) is 16.9 Å². The Kier molecular flexibility index (Phi) is 14.6. The predicted octanol–water partition coefficient (Wildman–Crippen LogP) is 8.51. The van der Waals surface area contributed by atoms with Crippen LogP contribution in [0.3, 0.4) is 0 Å². The van der Waals surface area contributed by atoms with E-state index >= 15 is 0 Å². The molecule has 0 radical (unpaired) electrons. The first-order chi connectivity index (χ1) is 28.6. The second kappa shape index (κ2) is 20.2. The van der Waals surface area contributed by atoms with Crippen LogP contribution in [0.15, 0.2) is 95.4 Å². The number of rotatable bonds is 20. The molecule has 0 spiro atoms. The number of carbonyl (C=O) groups is 4. The summed E-state index contributed by atoms with van der Waals surface area (Å²) in [5, 5.41) is 6.80. The topological polar surface area (TPSA) is 139 Å². The zero-order valence-corrected chi connectivity index (χ0v) is 34.3. The van der Waals surface area contributed by atoms with Crippen molar-refractivity contribution in [1.82, 2.24) is 5.43 Å². The van der Waals surface area contributed by atoms with E-state index in [4.69, 9.17) is 23.7 Å². The highest BCUT2D eigenvalue weighted by Crippen LogP contribution is 2.44. The molecule has 4 aromatic carbocycles. The van der Waals surface area contributed by atoms with Gasteiger partial charge >= 0.3 is 11.9 Å². The fourth-order valence-corrected chi connectivity index (χ4v) is 8.04. The molecule has 0 saturated heterocycles. The quantitative estimate of drug-likeness (QED) is 0.0269. The molecule has 0 unspecified atom stereocenters. The van der Waals surface area contributed by atoms with E-state index in [1.807, 2.05) is 38.1 Å². The van der Waals surface area contributed by atoms with Crippen molar-refractivity contribution < 1.29 is 47.3 Å². The fourth-order valence-electron chi connectivity index (χ4n) is 7.06. The highest BCUT2D eigenvalue weighted by atomic mass is 32.1. The molecule has 1 aliphatic rings. The summed E-state index contributed by atoms with van der Waals surface area (Å²) in [5.41, 5.74) is 8.57. The normalized spacial score (nSPS) is 12.8. The maximum absolute atomic E-state index is 14.3. The second-order valence-corrected chi connectivity index (χ2v) is 15.3. The number of amides is 1. The van der Waals surface area contributed by atoms with Gasteiger partial charge in [-0.1, -0.05) is 74.5 Å². The molecule has 1 heterocycles. The van der Waals surface area contributed by atoms with Crippen LogP contribution in [0.2, 0.25) is 0 Å². The number of Topliss-reactive ketones (excluding diaryl/α,β-unsaturated/α-hetero) is 1. The van der Waals surface area contributed by atoms with Crippen molar-refractivity contribution in [2.45, 2.75) is 45.4 Å². The number of thiophene rings is 1. The van der Waals surface area contributed by atoms with E-state index < -0.39 is 23.8 Å². The number of benzene rings is 4. The van der Waals surface area contributed by atoms with Crippen LogP contribution in [0.4, 0.5) is 4.39 Å². The van der Waals surface area contributed by atoms with E-state index in [1.54, 1.807) is 36.8 Å². The van der Waals surface area contributed by atoms with Crippen molar-refractivity contribution >= 4 is 50.8 Å². The lowest BCUT2D eigenvalue weighted by atomic mass is 9.92. The molecule has 6 rings (SSSR count). The van der Waals surface area contributed by atoms with E-state index in [1.165, 1.54) is 30.6 Å². The lowest BCUT2D eigenvalue weighted by molar-refractivity contribution is -0.157. The standard InChI is InChI=1S/C46H47FN2O9S/c1-28(2)35(25-44(52)58-26-36-32-12-7-5-10-30(32)31-11-6-8-13-33(31)36)46(53)57-23-22-56-41-18-16-29(24-42(41)55-4)40(50)17-19-43(51)49-48-39(20-21-54-3)37-27-59-45-34(37)14-9-15-38(45)47/h5-16,18,24,27-28,35-36H,17,19-23,25-26H2,1-4H3,(H,49,51)/b48-39+/t35-/m0/s1. The van der Waals surface area contributed by atoms with E-state index in [0.717, 1.165) is 22.3 Å². The number of halogens is 1. The first-order valence-corrected chi connectivity index (χ1v) is 20.3. The molecule has 0 bridgehead atoms. The number of carbonyl (C=O) groups excluding carboxylic acids is 4. The molecule has 0 fully saturated rings. The van der Waals surface area contributed by atoms with Crippen LogP contribution in [-0.2, 0) is 28.6 Å². The van der Waals surface area contributed by atoms with E-state index in [-0.39, 0.29) is 68.3 Å². The number of ether oxygens (including phenoxy) is 5. The zero-order chi connectivity index (χ0) is 41.9. The summed E-state index contributed by atoms with van der Waals surface area (Å²) in [4.78, 5) is 51.9. The van der Waals surface area contributed by atoms with Gasteiger partial charge in [0.25, 0.3) is 0 Å². The number of nitrogens with zero attached hydrogens (tertiary/aromatic N) is 1. The van der Waals surface area contributed by atoms with Gasteiger partial charge in [-0.15, -0.1) is 11.3 Å². The van der Waals surface area contributed by atoms with Crippen LogP contribution in [0.5, 0.6) is 11.5 Å². The van der Waals surface area contributed by atoms with E-state index in [2.05, 4.69) is 34.8 Å². The number of hydrazone groups is 1. The third kappa shape index (κ3) is 10.4. The van der Waals surface area contributed by atoms with Crippen molar-refractivity contribution in [3.63, 3.8) is 0 Å². The van der Waals surface area contributed by atoms with Gasteiger partial charge in [-0.2, -0.15) is 5.10 Å². The Morgan fingerprint density at radius 2 is 1.54 bits per heavy atom. The maximum atomic E-state index is 14.3. The molecule has 0 saturated carbocycles. The average Bonchev–Trinajstić information content (AvgIpc) is 3.82. The summed E-state index contributed by atoms with van der Waals surface area (Å²) >= 11 is 1.26. The Morgan fingerprint density at radius 3 is 2.24 bits per heavy atom. The minimum atomic E-state index is -0.704. The molecule has 1 N–H and O–H groups in total. The summed E-state index contributed by atoms with van der Waals surface area (Å²) in [5.74, 6) is -2.42. The van der Waals surface area contributed by atoms with Gasteiger partial charge in [0.15, 0.2) is 17.3 Å². The molecular formula is C46H47FN2O9S. The molecule has 5 aromatic rings. The molecule has 1 atom stereocenters. The number of nitrogens with one attached hydrogen (secondary N) is 1. The molecule has 13 heteroatoms. The van der Waals surface area contributed by atoms with Gasteiger partial charge < -0.3 is 23.7 Å². The van der Waals surface area contributed by atoms with Crippen LogP contribution in [0.25, 0.3) is 21.2 Å². The third-order valence-electron chi connectivity index (χ3n) is 10.2. The number of methoxy groups -OCH3 is 2. The molecular weight excluding hydrogens is 776 g/mol. The molecule has 1 amide bonds. The van der Waals surface area contributed by atoms with Gasteiger partial charge in [0.2, 0.25) is 5.91 Å². The number of fused-ring (bicyclic) bond motifs is 4. The van der Waals surface area contributed by atoms with E-state index in [9.17, 15) is 23.6 Å². The Balaban J connectivity index is 0.955. The SMILES string of the molecule is COCC/C(=N\NC(=O)CCC(=O)c1ccc(OCCOC(=O)[C@@H](CC(=O)OCC2c3ccccc3-c3ccccc32)C(C)C)c(OC)c1)c1csc2c(F)cccc12. The van der Waals surface area contributed by atoms with Crippen LogP contribution in [0, 0.1) is 17.7 Å². The molecule has 308 valence electrons. The van der Waals surface area contributed by atoms with Gasteiger partial charge in [0, 0.05) is 54.2 Å². The maximum Gasteiger partial charge on any atom is 0.309 e. The molecule has 1 aromatic heterocycles. The first-order valence-electron chi connectivity index (χ1n) is 19.4. The molecule has 59 heavy (non-hydrogen) atoms. The van der Waals surface area contributed by atoms with Crippen molar-refractivity contribution in [3.8, 4) is 22.6 Å². The van der Waals surface area contributed by atoms with Gasteiger partial charge in [-0.25, -0.2) is 9.82 Å². The van der Waals surface area contributed by atoms with Crippen molar-refractivity contribution in [2.75, 3.05) is 40.6 Å². The monoisotopic (exact) mass is 822 g/mol. The van der Waals surface area contributed by atoms with Crippen molar-refractivity contribution in [3.05, 3.63) is 118 Å². The first kappa shape index (κ1) is 42.7. The lowest BCUT2D eigenvalue weighted by Gasteiger charge is -2.20. The summed E-state index contributed by atoms with van der Waals surface area (Å²) in [7, 11) is 2.99. The Hall–Kier alpha value is -5.92. The highest BCUT2D eigenvalue weighted by Gasteiger charge is 2.31. The van der Waals surface area contributed by atoms with Crippen LogP contribution in [0.1, 0.15) is 72.5 Å². The lowest BCUT2D eigenvalue weighted by Crippen LogP contribution is -2.28. The number of esters is 2. The molecule has 0 aliphatic heterocycles. The van der Waals surface area contributed by atoms with Gasteiger partial charge in [-0.05, 0) is 52.4 Å². The van der Waals surface area contributed by atoms with Crippen LogP contribution >= 0.6 is 11.3 Å². The number of hydrogen-bond donors (Lipinski definition) is 1. The molecule has 1 aliphatic carbocycles. The zero-order valence-electron chi connectivity index (χ0n) is 33.5. The largest absolute Gasteiger partial charge is 0.493 e. The Morgan fingerprint density at radius 1 is 0.814 bits per heavy atom. The molecule has 11 nitrogen and oxygen atoms in total. The summed E-state index contributed by atoms with van der Waals surface area (Å²) < 4.78 is 42.5. The third-order valence-corrected chi connectivity index (χ3v) is 11.2. The fraction of sp³-hybridized carbons (Fsp3) is 0.326. The summed E-state index contributed by atoms with van der Waals surface area (Å²) in [6, 6.07) is 25.7. The average molecular weight is 823 g/mol. The summed E-state index contributed by atoms with van der Waals surface area (Å²) in [6.45, 7) is 4.13. The number of hydrogen-bond acceptors (Lipinski definition) is 11.